The van der Waals surface area contributed by atoms with Crippen molar-refractivity contribution in [3.63, 3.8) is 0 Å². The molecule has 90 valence electrons. The van der Waals surface area contributed by atoms with Gasteiger partial charge in [0.1, 0.15) is 5.82 Å². The Hall–Kier alpha value is -2.18. The Morgan fingerprint density at radius 3 is 2.88 bits per heavy atom. The van der Waals surface area contributed by atoms with E-state index >= 15 is 0 Å². The maximum Gasteiger partial charge on any atom is 0.296 e. The molecule has 0 aromatic carbocycles. The second-order valence-corrected chi connectivity index (χ2v) is 3.73. The summed E-state index contributed by atoms with van der Waals surface area (Å²) in [4.78, 5) is 15.6. The summed E-state index contributed by atoms with van der Waals surface area (Å²) < 4.78 is 0. The normalized spacial score (nSPS) is 10.5. The summed E-state index contributed by atoms with van der Waals surface area (Å²) in [5, 5.41) is 15.8. The van der Waals surface area contributed by atoms with Crippen LogP contribution in [0.15, 0.2) is 6.07 Å². The van der Waals surface area contributed by atoms with Gasteiger partial charge in [-0.05, 0) is 13.3 Å². The summed E-state index contributed by atoms with van der Waals surface area (Å²) in [6, 6.07) is 1.81. The number of aromatic amines is 2. The third-order valence-corrected chi connectivity index (χ3v) is 2.19. The molecule has 7 heteroatoms. The first-order valence-electron chi connectivity index (χ1n) is 5.43. The molecule has 0 aliphatic rings. The van der Waals surface area contributed by atoms with Crippen LogP contribution in [0.4, 0.5) is 5.82 Å². The van der Waals surface area contributed by atoms with Crippen molar-refractivity contribution in [2.45, 2.75) is 26.7 Å². The molecular formula is C10H14N6O. The summed E-state index contributed by atoms with van der Waals surface area (Å²) in [5.41, 5.74) is 0.994. The molecule has 0 saturated carbocycles. The van der Waals surface area contributed by atoms with Crippen molar-refractivity contribution in [3.05, 3.63) is 23.4 Å². The van der Waals surface area contributed by atoms with Gasteiger partial charge in [-0.2, -0.15) is 5.10 Å². The third kappa shape index (κ3) is 2.68. The fourth-order valence-corrected chi connectivity index (χ4v) is 1.44. The standard InChI is InChI=1S/C10H14N6O/c1-3-4-7-5-8(15-14-7)12-10(17)9-11-6(2)13-16-9/h5H,3-4H2,1-2H3,(H,11,13,16)(H2,12,14,15,17). The van der Waals surface area contributed by atoms with Gasteiger partial charge in [0.2, 0.25) is 5.82 Å². The van der Waals surface area contributed by atoms with E-state index in [4.69, 9.17) is 0 Å². The lowest BCUT2D eigenvalue weighted by molar-refractivity contribution is 0.101. The molecule has 1 amide bonds. The van der Waals surface area contributed by atoms with E-state index in [1.165, 1.54) is 0 Å². The molecule has 2 aromatic rings. The monoisotopic (exact) mass is 234 g/mol. The lowest BCUT2D eigenvalue weighted by atomic mass is 10.2. The molecule has 0 fully saturated rings. The molecular weight excluding hydrogens is 220 g/mol. The van der Waals surface area contributed by atoms with Crippen molar-refractivity contribution < 1.29 is 4.79 Å². The van der Waals surface area contributed by atoms with Crippen molar-refractivity contribution in [1.82, 2.24) is 25.4 Å². The van der Waals surface area contributed by atoms with Crippen molar-refractivity contribution in [2.24, 2.45) is 0 Å². The maximum absolute atomic E-state index is 11.7. The van der Waals surface area contributed by atoms with Crippen LogP contribution < -0.4 is 5.32 Å². The topological polar surface area (TPSA) is 99.3 Å². The number of nitrogens with one attached hydrogen (secondary N) is 3. The quantitative estimate of drug-likeness (QED) is 0.735. The fraction of sp³-hybridized carbons (Fsp3) is 0.400. The minimum absolute atomic E-state index is 0.113. The van der Waals surface area contributed by atoms with Crippen LogP contribution in [0.3, 0.4) is 0 Å². The molecule has 0 spiro atoms. The first-order valence-corrected chi connectivity index (χ1v) is 5.43. The number of nitrogens with zero attached hydrogens (tertiary/aromatic N) is 3. The highest BCUT2D eigenvalue weighted by Gasteiger charge is 2.12. The molecule has 2 rings (SSSR count). The first-order chi connectivity index (χ1) is 8.19. The lowest BCUT2D eigenvalue weighted by Crippen LogP contribution is -2.14. The number of rotatable bonds is 4. The molecule has 0 atom stereocenters. The highest BCUT2D eigenvalue weighted by atomic mass is 16.2. The van der Waals surface area contributed by atoms with Gasteiger partial charge < -0.3 is 5.32 Å². The molecule has 0 saturated heterocycles. The number of aromatic nitrogens is 5. The molecule has 3 N–H and O–H groups in total. The van der Waals surface area contributed by atoms with Crippen LogP contribution in [0.1, 0.15) is 35.5 Å². The highest BCUT2D eigenvalue weighted by molar-refractivity contribution is 6.00. The van der Waals surface area contributed by atoms with Gasteiger partial charge in [-0.15, -0.1) is 5.10 Å². The van der Waals surface area contributed by atoms with Crippen LogP contribution in [-0.4, -0.2) is 31.3 Å². The number of hydrogen-bond donors (Lipinski definition) is 3. The molecule has 7 nitrogen and oxygen atoms in total. The predicted molar refractivity (Wildman–Crippen MR) is 61.7 cm³/mol. The van der Waals surface area contributed by atoms with Gasteiger partial charge >= 0.3 is 0 Å². The number of aryl methyl sites for hydroxylation is 2. The Bertz CT molecular complexity index is 514. The number of amides is 1. The molecule has 2 heterocycles. The van der Waals surface area contributed by atoms with E-state index in [0.717, 1.165) is 18.5 Å². The van der Waals surface area contributed by atoms with Crippen LogP contribution >= 0.6 is 0 Å². The largest absolute Gasteiger partial charge is 0.302 e. The summed E-state index contributed by atoms with van der Waals surface area (Å²) in [6.07, 6.45) is 1.93. The van der Waals surface area contributed by atoms with E-state index < -0.39 is 0 Å². The lowest BCUT2D eigenvalue weighted by Gasteiger charge is -1.95. The molecule has 0 aliphatic carbocycles. The van der Waals surface area contributed by atoms with E-state index in [9.17, 15) is 4.79 Å². The van der Waals surface area contributed by atoms with Crippen molar-refractivity contribution >= 4 is 11.7 Å². The molecule has 17 heavy (non-hydrogen) atoms. The molecule has 0 aliphatic heterocycles. The first kappa shape index (κ1) is 11.3. The zero-order chi connectivity index (χ0) is 12.3. The molecule has 0 radical (unpaired) electrons. The number of carbonyl (C=O) groups is 1. The fourth-order valence-electron chi connectivity index (χ4n) is 1.44. The van der Waals surface area contributed by atoms with Crippen molar-refractivity contribution in [3.8, 4) is 0 Å². The second-order valence-electron chi connectivity index (χ2n) is 3.73. The predicted octanol–water partition coefficient (Wildman–Crippen LogP) is 1.04. The Morgan fingerprint density at radius 1 is 1.41 bits per heavy atom. The van der Waals surface area contributed by atoms with Crippen LogP contribution in [0, 0.1) is 6.92 Å². The number of H-pyrrole nitrogens is 2. The van der Waals surface area contributed by atoms with Crippen LogP contribution in [-0.2, 0) is 6.42 Å². The van der Waals surface area contributed by atoms with Gasteiger partial charge in [0.25, 0.3) is 5.91 Å². The van der Waals surface area contributed by atoms with Gasteiger partial charge in [-0.25, -0.2) is 4.98 Å². The Kier molecular flexibility index (Phi) is 3.17. The third-order valence-electron chi connectivity index (χ3n) is 2.19. The Labute approximate surface area is 98.0 Å². The molecule has 0 bridgehead atoms. The summed E-state index contributed by atoms with van der Waals surface area (Å²) in [7, 11) is 0. The van der Waals surface area contributed by atoms with Gasteiger partial charge in [-0.3, -0.25) is 15.0 Å². The summed E-state index contributed by atoms with van der Waals surface area (Å²) >= 11 is 0. The number of hydrogen-bond acceptors (Lipinski definition) is 4. The Morgan fingerprint density at radius 2 is 2.24 bits per heavy atom. The minimum atomic E-state index is -0.371. The second kappa shape index (κ2) is 4.77. The Balaban J connectivity index is 2.02. The van der Waals surface area contributed by atoms with Gasteiger partial charge in [-0.1, -0.05) is 13.3 Å². The molecule has 0 unspecified atom stereocenters. The SMILES string of the molecule is CCCc1cc(NC(=O)c2n[nH]c(C)n2)n[nH]1. The van der Waals surface area contributed by atoms with Crippen LogP contribution in [0.2, 0.25) is 0 Å². The van der Waals surface area contributed by atoms with E-state index in [2.05, 4.69) is 37.6 Å². The van der Waals surface area contributed by atoms with Crippen molar-refractivity contribution in [1.29, 1.82) is 0 Å². The van der Waals surface area contributed by atoms with E-state index in [0.29, 0.717) is 11.6 Å². The summed E-state index contributed by atoms with van der Waals surface area (Å²) in [6.45, 7) is 3.81. The minimum Gasteiger partial charge on any atom is -0.302 e. The van der Waals surface area contributed by atoms with Gasteiger partial charge in [0.05, 0.1) is 0 Å². The number of anilines is 1. The van der Waals surface area contributed by atoms with Crippen molar-refractivity contribution in [2.75, 3.05) is 5.32 Å². The average molecular weight is 234 g/mol. The van der Waals surface area contributed by atoms with E-state index in [-0.39, 0.29) is 11.7 Å². The van der Waals surface area contributed by atoms with E-state index in [1.54, 1.807) is 13.0 Å². The maximum atomic E-state index is 11.7. The van der Waals surface area contributed by atoms with Crippen LogP contribution in [0.25, 0.3) is 0 Å². The summed E-state index contributed by atoms with van der Waals surface area (Å²) in [5.74, 6) is 0.830. The number of carbonyl (C=O) groups excluding carboxylic acids is 1. The van der Waals surface area contributed by atoms with Crippen LogP contribution in [0.5, 0.6) is 0 Å². The molecule has 2 aromatic heterocycles. The zero-order valence-electron chi connectivity index (χ0n) is 9.74. The van der Waals surface area contributed by atoms with E-state index in [1.807, 2.05) is 0 Å². The van der Waals surface area contributed by atoms with Gasteiger partial charge in [0.15, 0.2) is 5.82 Å². The van der Waals surface area contributed by atoms with Gasteiger partial charge in [0, 0.05) is 11.8 Å². The smallest absolute Gasteiger partial charge is 0.296 e. The average Bonchev–Trinajstić information content (AvgIpc) is 2.88. The zero-order valence-corrected chi connectivity index (χ0v) is 9.74. The highest BCUT2D eigenvalue weighted by Crippen LogP contribution is 2.08.